The topological polar surface area (TPSA) is 6.48 Å². The lowest BCUT2D eigenvalue weighted by molar-refractivity contribution is 0.623. The van der Waals surface area contributed by atoms with Gasteiger partial charge < -0.3 is 9.80 Å². The van der Waals surface area contributed by atoms with Crippen molar-refractivity contribution in [3.8, 4) is 0 Å². The summed E-state index contributed by atoms with van der Waals surface area (Å²) in [5.74, 6) is 0. The van der Waals surface area contributed by atoms with Crippen LogP contribution < -0.4 is 9.80 Å². The molecule has 0 aromatic heterocycles. The minimum Gasteiger partial charge on any atom is -0.350 e. The van der Waals surface area contributed by atoms with Gasteiger partial charge in [0.1, 0.15) is 0 Å². The van der Waals surface area contributed by atoms with E-state index in [1.165, 1.54) is 23.8 Å². The highest BCUT2D eigenvalue weighted by atomic mass is 35.5. The molecular formula is C16H26Cl2N2Si. The molecule has 1 atom stereocenters. The molecule has 2 nitrogen and oxygen atoms in total. The average Bonchev–Trinajstić information content (AvgIpc) is 2.61. The molecule has 0 radical (unpaired) electrons. The molecule has 1 aromatic carbocycles. The number of hydrogen-bond donors (Lipinski definition) is 0. The Balaban J connectivity index is 2.22. The van der Waals surface area contributed by atoms with E-state index in [9.17, 15) is 0 Å². The molecule has 0 saturated carbocycles. The van der Waals surface area contributed by atoms with Crippen LogP contribution in [0, 0.1) is 0 Å². The van der Waals surface area contributed by atoms with Crippen molar-refractivity contribution in [1.29, 1.82) is 0 Å². The Morgan fingerprint density at radius 1 is 1.05 bits per heavy atom. The summed E-state index contributed by atoms with van der Waals surface area (Å²) in [4.78, 5) is 4.87. The molecule has 0 saturated heterocycles. The van der Waals surface area contributed by atoms with E-state index in [4.69, 9.17) is 23.2 Å². The van der Waals surface area contributed by atoms with E-state index in [0.29, 0.717) is 16.2 Å². The zero-order chi connectivity index (χ0) is 15.8. The van der Waals surface area contributed by atoms with Crippen LogP contribution in [-0.4, -0.2) is 27.3 Å². The number of anilines is 2. The molecule has 1 unspecified atom stereocenters. The molecule has 0 spiro atoms. The Hall–Kier alpha value is -0.383. The number of fused-ring (bicyclic) bond motifs is 1. The monoisotopic (exact) mass is 344 g/mol. The van der Waals surface area contributed by atoms with Gasteiger partial charge in [-0.15, -0.1) is 0 Å². The van der Waals surface area contributed by atoms with Gasteiger partial charge >= 0.3 is 0 Å². The van der Waals surface area contributed by atoms with E-state index < -0.39 is 8.07 Å². The molecule has 1 aromatic rings. The Morgan fingerprint density at radius 3 is 2.05 bits per heavy atom. The molecule has 118 valence electrons. The van der Waals surface area contributed by atoms with Gasteiger partial charge in [-0.05, 0) is 32.4 Å². The fourth-order valence-corrected chi connectivity index (χ4v) is 4.61. The van der Waals surface area contributed by atoms with Gasteiger partial charge in [0.2, 0.25) is 0 Å². The second kappa shape index (κ2) is 6.39. The Labute approximate surface area is 140 Å². The minimum absolute atomic E-state index is 0.376. The predicted octanol–water partition coefficient (Wildman–Crippen LogP) is 5.71. The first kappa shape index (κ1) is 17.0. The smallest absolute Gasteiger partial charge is 0.0988 e. The number of halogens is 2. The van der Waals surface area contributed by atoms with Crippen LogP contribution in [0.2, 0.25) is 35.7 Å². The molecule has 2 rings (SSSR count). The van der Waals surface area contributed by atoms with Gasteiger partial charge in [0.25, 0.3) is 0 Å². The first-order valence-corrected chi connectivity index (χ1v) is 12.2. The van der Waals surface area contributed by atoms with E-state index in [2.05, 4.69) is 43.3 Å². The molecule has 5 heteroatoms. The van der Waals surface area contributed by atoms with E-state index in [1.54, 1.807) is 0 Å². The number of rotatable bonds is 5. The van der Waals surface area contributed by atoms with Crippen molar-refractivity contribution >= 4 is 42.7 Å². The van der Waals surface area contributed by atoms with Gasteiger partial charge in [0.15, 0.2) is 0 Å². The van der Waals surface area contributed by atoms with Crippen LogP contribution in [0.5, 0.6) is 0 Å². The van der Waals surface area contributed by atoms with Gasteiger partial charge in [-0.1, -0.05) is 48.9 Å². The quantitative estimate of drug-likeness (QED) is 0.630. The largest absolute Gasteiger partial charge is 0.350 e. The van der Waals surface area contributed by atoms with Gasteiger partial charge in [-0.2, -0.15) is 0 Å². The number of nitrogens with zero attached hydrogens (tertiary/aromatic N) is 2. The summed E-state index contributed by atoms with van der Waals surface area (Å²) in [6.45, 7) is 13.8. The van der Waals surface area contributed by atoms with Crippen LogP contribution >= 0.6 is 23.2 Å². The van der Waals surface area contributed by atoms with Gasteiger partial charge in [-0.3, -0.25) is 0 Å². The summed E-state index contributed by atoms with van der Waals surface area (Å²) in [6.07, 6.45) is 1.62. The molecule has 21 heavy (non-hydrogen) atoms. The summed E-state index contributed by atoms with van der Waals surface area (Å²) < 4.78 is 0. The molecule has 0 N–H and O–H groups in total. The van der Waals surface area contributed by atoms with Crippen LogP contribution in [0.3, 0.4) is 0 Å². The van der Waals surface area contributed by atoms with Gasteiger partial charge in [0.05, 0.1) is 27.6 Å². The highest BCUT2D eigenvalue weighted by Gasteiger charge is 2.32. The lowest BCUT2D eigenvalue weighted by Gasteiger charge is -2.30. The van der Waals surface area contributed by atoms with E-state index >= 15 is 0 Å². The fraction of sp³-hybridized carbons (Fsp3) is 0.625. The SMILES string of the molecule is CCN1c2cc(Cl)c(Cl)cc2N(CCC[Si](C)(C)C)C1C. The Morgan fingerprint density at radius 2 is 1.57 bits per heavy atom. The maximum Gasteiger partial charge on any atom is 0.0988 e. The van der Waals surface area contributed by atoms with Crippen molar-refractivity contribution in [3.63, 3.8) is 0 Å². The number of benzene rings is 1. The third-order valence-corrected chi connectivity index (χ3v) is 6.78. The summed E-state index contributed by atoms with van der Waals surface area (Å²) in [5, 5.41) is 1.29. The first-order chi connectivity index (χ1) is 9.74. The molecule has 1 aliphatic rings. The van der Waals surface area contributed by atoms with Crippen LogP contribution in [0.1, 0.15) is 20.3 Å². The zero-order valence-corrected chi connectivity index (χ0v) is 16.2. The molecular weight excluding hydrogens is 319 g/mol. The molecule has 0 aliphatic carbocycles. The van der Waals surface area contributed by atoms with E-state index in [-0.39, 0.29) is 0 Å². The summed E-state index contributed by atoms with van der Waals surface area (Å²) in [7, 11) is -0.975. The maximum absolute atomic E-state index is 6.23. The van der Waals surface area contributed by atoms with Crippen molar-refractivity contribution in [3.05, 3.63) is 22.2 Å². The third-order valence-electron chi connectivity index (χ3n) is 4.20. The predicted molar refractivity (Wildman–Crippen MR) is 99.1 cm³/mol. The molecule has 0 amide bonds. The fourth-order valence-electron chi connectivity index (χ4n) is 3.08. The lowest BCUT2D eigenvalue weighted by Crippen LogP contribution is -2.41. The molecule has 0 bridgehead atoms. The van der Waals surface area contributed by atoms with Gasteiger partial charge in [0, 0.05) is 21.2 Å². The minimum atomic E-state index is -0.975. The first-order valence-electron chi connectivity index (χ1n) is 7.77. The van der Waals surface area contributed by atoms with Crippen molar-refractivity contribution < 1.29 is 0 Å². The van der Waals surface area contributed by atoms with E-state index in [0.717, 1.165) is 13.1 Å². The van der Waals surface area contributed by atoms with Crippen LogP contribution in [0.4, 0.5) is 11.4 Å². The van der Waals surface area contributed by atoms with Crippen molar-refractivity contribution in [2.45, 2.75) is 52.1 Å². The van der Waals surface area contributed by atoms with Gasteiger partial charge in [-0.25, -0.2) is 0 Å². The van der Waals surface area contributed by atoms with E-state index in [1.807, 2.05) is 12.1 Å². The highest BCUT2D eigenvalue weighted by molar-refractivity contribution is 6.76. The second-order valence-electron chi connectivity index (χ2n) is 7.03. The third kappa shape index (κ3) is 3.69. The van der Waals surface area contributed by atoms with Crippen LogP contribution in [-0.2, 0) is 0 Å². The highest BCUT2D eigenvalue weighted by Crippen LogP contribution is 2.43. The Bertz CT molecular complexity index is 514. The molecule has 0 fully saturated rings. The number of hydrogen-bond acceptors (Lipinski definition) is 2. The standard InChI is InChI=1S/C16H26Cl2N2Si/c1-6-19-12(2)20(8-7-9-21(3,4)5)16-11-14(18)13(17)10-15(16)19/h10-12H,6-9H2,1-5H3. The van der Waals surface area contributed by atoms with Crippen LogP contribution in [0.25, 0.3) is 0 Å². The second-order valence-corrected chi connectivity index (χ2v) is 13.5. The maximum atomic E-state index is 6.23. The molecule has 1 heterocycles. The van der Waals surface area contributed by atoms with Crippen LogP contribution in [0.15, 0.2) is 12.1 Å². The summed E-state index contributed by atoms with van der Waals surface area (Å²) in [5.41, 5.74) is 2.45. The Kier molecular flexibility index (Phi) is 5.17. The van der Waals surface area contributed by atoms with Crippen molar-refractivity contribution in [1.82, 2.24) is 0 Å². The zero-order valence-electron chi connectivity index (χ0n) is 13.7. The summed E-state index contributed by atoms with van der Waals surface area (Å²) >= 11 is 12.4. The lowest BCUT2D eigenvalue weighted by atomic mass is 10.2. The van der Waals surface area contributed by atoms with Crippen molar-refractivity contribution in [2.75, 3.05) is 22.9 Å². The van der Waals surface area contributed by atoms with Crippen molar-refractivity contribution in [2.24, 2.45) is 0 Å². The molecule has 1 aliphatic heterocycles. The summed E-state index contributed by atoms with van der Waals surface area (Å²) in [6, 6.07) is 5.40. The normalized spacial score (nSPS) is 18.3. The average molecular weight is 345 g/mol.